The number of hydrogen-bond acceptors (Lipinski definition) is 4. The average molecular weight is 311 g/mol. The Morgan fingerprint density at radius 1 is 1.29 bits per heavy atom. The summed E-state index contributed by atoms with van der Waals surface area (Å²) in [5, 5.41) is 0. The number of allylic oxidation sites excluding steroid dienone is 3. The molecule has 1 aliphatic carbocycles. The molecular formula is C17H30N2OS. The van der Waals surface area contributed by atoms with E-state index in [1.165, 1.54) is 50.4 Å². The lowest BCUT2D eigenvalue weighted by Gasteiger charge is -2.27. The molecular weight excluding hydrogens is 280 g/mol. The van der Waals surface area contributed by atoms with Gasteiger partial charge in [-0.25, -0.2) is 0 Å². The van der Waals surface area contributed by atoms with Crippen LogP contribution in [0, 0.1) is 0 Å². The summed E-state index contributed by atoms with van der Waals surface area (Å²) in [6, 6.07) is 0. The van der Waals surface area contributed by atoms with E-state index in [0.717, 1.165) is 26.3 Å². The van der Waals surface area contributed by atoms with Crippen molar-refractivity contribution >= 4 is 11.8 Å². The highest BCUT2D eigenvalue weighted by molar-refractivity contribution is 7.99. The third kappa shape index (κ3) is 7.50. The summed E-state index contributed by atoms with van der Waals surface area (Å²) in [6.45, 7) is 7.70. The van der Waals surface area contributed by atoms with Gasteiger partial charge in [-0.05, 0) is 39.4 Å². The molecule has 1 aliphatic heterocycles. The highest BCUT2D eigenvalue weighted by Crippen LogP contribution is 2.17. The Hall–Kier alpha value is -0.290. The molecule has 0 radical (unpaired) electrons. The molecule has 0 atom stereocenters. The van der Waals surface area contributed by atoms with Crippen molar-refractivity contribution in [2.75, 3.05) is 64.5 Å². The molecule has 3 nitrogen and oxygen atoms in total. The third-order valence-electron chi connectivity index (χ3n) is 4.12. The number of nitrogens with zero attached hydrogens (tertiary/aromatic N) is 2. The Morgan fingerprint density at radius 3 is 2.90 bits per heavy atom. The molecule has 0 aromatic heterocycles. The minimum Gasteiger partial charge on any atom is -0.379 e. The van der Waals surface area contributed by atoms with Crippen molar-refractivity contribution in [2.24, 2.45) is 0 Å². The van der Waals surface area contributed by atoms with Gasteiger partial charge in [0.25, 0.3) is 0 Å². The first kappa shape index (κ1) is 17.1. The molecule has 0 bridgehead atoms. The van der Waals surface area contributed by atoms with Crippen LogP contribution in [0.1, 0.15) is 19.3 Å². The second-order valence-electron chi connectivity index (χ2n) is 5.96. The Kier molecular flexibility index (Phi) is 8.48. The number of rotatable bonds is 9. The van der Waals surface area contributed by atoms with E-state index in [-0.39, 0.29) is 0 Å². The van der Waals surface area contributed by atoms with Gasteiger partial charge in [0.05, 0.1) is 13.2 Å². The first-order chi connectivity index (χ1) is 10.3. The van der Waals surface area contributed by atoms with Crippen molar-refractivity contribution in [1.29, 1.82) is 0 Å². The van der Waals surface area contributed by atoms with E-state index < -0.39 is 0 Å². The molecule has 0 saturated carbocycles. The van der Waals surface area contributed by atoms with Crippen molar-refractivity contribution < 1.29 is 4.74 Å². The van der Waals surface area contributed by atoms with Crippen LogP contribution < -0.4 is 0 Å². The molecule has 1 saturated heterocycles. The number of thioether (sulfide) groups is 1. The van der Waals surface area contributed by atoms with Gasteiger partial charge in [-0.15, -0.1) is 0 Å². The van der Waals surface area contributed by atoms with Crippen LogP contribution in [0.3, 0.4) is 0 Å². The first-order valence-corrected chi connectivity index (χ1v) is 9.41. The van der Waals surface area contributed by atoms with E-state index >= 15 is 0 Å². The lowest BCUT2D eigenvalue weighted by molar-refractivity contribution is 0.0365. The highest BCUT2D eigenvalue weighted by atomic mass is 32.2. The molecule has 0 N–H and O–H groups in total. The van der Waals surface area contributed by atoms with E-state index in [0.29, 0.717) is 0 Å². The standard InChI is InChI=1S/C17H30N2OS/c1-18(8-5-9-19-10-13-20-14-11-19)12-15-21-16-17-6-3-2-4-7-17/h2-3,6H,4-5,7-16H2,1H3. The molecule has 0 aromatic rings. The molecule has 2 aliphatic rings. The molecule has 4 heteroatoms. The molecule has 0 amide bonds. The molecule has 2 rings (SSSR count). The molecule has 1 fully saturated rings. The van der Waals surface area contributed by atoms with Gasteiger partial charge < -0.3 is 9.64 Å². The maximum atomic E-state index is 5.38. The fourth-order valence-electron chi connectivity index (χ4n) is 2.70. The maximum Gasteiger partial charge on any atom is 0.0594 e. The Bertz CT molecular complexity index is 338. The number of hydrogen-bond donors (Lipinski definition) is 0. The Labute approximate surface area is 134 Å². The van der Waals surface area contributed by atoms with Gasteiger partial charge in [-0.3, -0.25) is 4.90 Å². The van der Waals surface area contributed by atoms with Gasteiger partial charge in [-0.2, -0.15) is 11.8 Å². The summed E-state index contributed by atoms with van der Waals surface area (Å²) in [5.41, 5.74) is 1.61. The van der Waals surface area contributed by atoms with Crippen LogP contribution in [-0.4, -0.2) is 74.3 Å². The summed E-state index contributed by atoms with van der Waals surface area (Å²) < 4.78 is 5.38. The van der Waals surface area contributed by atoms with Crippen LogP contribution >= 0.6 is 11.8 Å². The zero-order valence-corrected chi connectivity index (χ0v) is 14.2. The van der Waals surface area contributed by atoms with Crippen LogP contribution in [0.4, 0.5) is 0 Å². The summed E-state index contributed by atoms with van der Waals surface area (Å²) >= 11 is 2.08. The summed E-state index contributed by atoms with van der Waals surface area (Å²) in [4.78, 5) is 5.00. The molecule has 0 spiro atoms. The van der Waals surface area contributed by atoms with Crippen LogP contribution in [0.5, 0.6) is 0 Å². The van der Waals surface area contributed by atoms with Crippen molar-refractivity contribution in [3.05, 3.63) is 23.8 Å². The minimum absolute atomic E-state index is 0.914. The maximum absolute atomic E-state index is 5.38. The first-order valence-electron chi connectivity index (χ1n) is 8.25. The lowest BCUT2D eigenvalue weighted by Crippen LogP contribution is -2.38. The minimum atomic E-state index is 0.914. The average Bonchev–Trinajstić information content (AvgIpc) is 2.54. The van der Waals surface area contributed by atoms with Crippen LogP contribution in [-0.2, 0) is 4.74 Å². The van der Waals surface area contributed by atoms with E-state index in [9.17, 15) is 0 Å². The summed E-state index contributed by atoms with van der Waals surface area (Å²) in [5.74, 6) is 2.46. The van der Waals surface area contributed by atoms with Crippen LogP contribution in [0.25, 0.3) is 0 Å². The third-order valence-corrected chi connectivity index (χ3v) is 5.17. The smallest absolute Gasteiger partial charge is 0.0594 e. The fourth-order valence-corrected chi connectivity index (χ4v) is 3.79. The SMILES string of the molecule is CN(CCCN1CCOCC1)CCSCC1=CC=CCC1. The normalized spacial score (nSPS) is 20.0. The van der Waals surface area contributed by atoms with Crippen molar-refractivity contribution in [3.8, 4) is 0 Å². The quantitative estimate of drug-likeness (QED) is 0.608. The predicted molar refractivity (Wildman–Crippen MR) is 93.2 cm³/mol. The Balaban J connectivity index is 1.44. The largest absolute Gasteiger partial charge is 0.379 e. The number of morpholine rings is 1. The van der Waals surface area contributed by atoms with Gasteiger partial charge >= 0.3 is 0 Å². The van der Waals surface area contributed by atoms with Gasteiger partial charge in [0, 0.05) is 31.1 Å². The lowest BCUT2D eigenvalue weighted by atomic mass is 10.1. The van der Waals surface area contributed by atoms with Crippen LogP contribution in [0.2, 0.25) is 0 Å². The van der Waals surface area contributed by atoms with Gasteiger partial charge in [-0.1, -0.05) is 23.8 Å². The van der Waals surface area contributed by atoms with Crippen molar-refractivity contribution in [2.45, 2.75) is 19.3 Å². The molecule has 0 aromatic carbocycles. The topological polar surface area (TPSA) is 15.7 Å². The Morgan fingerprint density at radius 2 is 2.14 bits per heavy atom. The second-order valence-corrected chi connectivity index (χ2v) is 7.06. The molecule has 1 heterocycles. The van der Waals surface area contributed by atoms with Crippen LogP contribution in [0.15, 0.2) is 23.8 Å². The highest BCUT2D eigenvalue weighted by Gasteiger charge is 2.09. The van der Waals surface area contributed by atoms with Crippen molar-refractivity contribution in [3.63, 3.8) is 0 Å². The van der Waals surface area contributed by atoms with E-state index in [4.69, 9.17) is 4.74 Å². The molecule has 0 unspecified atom stereocenters. The second kappa shape index (κ2) is 10.4. The summed E-state index contributed by atoms with van der Waals surface area (Å²) in [7, 11) is 2.25. The zero-order valence-electron chi connectivity index (χ0n) is 13.4. The number of ether oxygens (including phenoxy) is 1. The van der Waals surface area contributed by atoms with E-state index in [2.05, 4.69) is 46.8 Å². The fraction of sp³-hybridized carbons (Fsp3) is 0.765. The monoisotopic (exact) mass is 310 g/mol. The van der Waals surface area contributed by atoms with Gasteiger partial charge in [0.1, 0.15) is 0 Å². The van der Waals surface area contributed by atoms with Crippen molar-refractivity contribution in [1.82, 2.24) is 9.80 Å². The van der Waals surface area contributed by atoms with E-state index in [1.54, 1.807) is 5.57 Å². The zero-order chi connectivity index (χ0) is 14.8. The van der Waals surface area contributed by atoms with Gasteiger partial charge in [0.2, 0.25) is 0 Å². The van der Waals surface area contributed by atoms with E-state index in [1.807, 2.05) is 0 Å². The summed E-state index contributed by atoms with van der Waals surface area (Å²) in [6.07, 6.45) is 10.5. The molecule has 21 heavy (non-hydrogen) atoms. The predicted octanol–water partition coefficient (Wildman–Crippen LogP) is 2.65. The van der Waals surface area contributed by atoms with Gasteiger partial charge in [0.15, 0.2) is 0 Å². The molecule has 120 valence electrons.